The smallest absolute Gasteiger partial charge is 0.243 e. The third-order valence-corrected chi connectivity index (χ3v) is 2.68. The highest BCUT2D eigenvalue weighted by atomic mass is 35.5. The minimum absolute atomic E-state index is 0. The molecule has 0 bridgehead atoms. The standard InChI is InChI=1S/C13H16FN3O2.ClH/c1-8(2)12(15)13-16-11(17-19-13)7-18-10-6-4-3-5-9(10)14;/h3-6,8,12H,7,15H2,1-2H3;1H. The van der Waals surface area contributed by atoms with Crippen LogP contribution in [-0.4, -0.2) is 10.1 Å². The number of ether oxygens (including phenoxy) is 1. The molecule has 2 aromatic rings. The zero-order valence-corrected chi connectivity index (χ0v) is 12.1. The number of para-hydroxylation sites is 1. The Bertz CT molecular complexity index is 548. The van der Waals surface area contributed by atoms with E-state index in [-0.39, 0.29) is 36.7 Å². The van der Waals surface area contributed by atoms with Gasteiger partial charge in [0.25, 0.3) is 0 Å². The summed E-state index contributed by atoms with van der Waals surface area (Å²) in [5, 5.41) is 3.75. The van der Waals surface area contributed by atoms with Crippen LogP contribution in [0.2, 0.25) is 0 Å². The van der Waals surface area contributed by atoms with E-state index in [2.05, 4.69) is 10.1 Å². The predicted molar refractivity (Wildman–Crippen MR) is 74.0 cm³/mol. The van der Waals surface area contributed by atoms with E-state index in [4.69, 9.17) is 15.0 Å². The topological polar surface area (TPSA) is 74.2 Å². The van der Waals surface area contributed by atoms with Crippen molar-refractivity contribution in [1.29, 1.82) is 0 Å². The molecule has 0 aliphatic carbocycles. The van der Waals surface area contributed by atoms with Crippen molar-refractivity contribution in [3.63, 3.8) is 0 Å². The van der Waals surface area contributed by atoms with Crippen molar-refractivity contribution in [1.82, 2.24) is 10.1 Å². The molecule has 2 N–H and O–H groups in total. The number of benzene rings is 1. The van der Waals surface area contributed by atoms with Crippen molar-refractivity contribution in [3.05, 3.63) is 41.8 Å². The molecule has 1 heterocycles. The predicted octanol–water partition coefficient (Wildman–Crippen LogP) is 2.87. The summed E-state index contributed by atoms with van der Waals surface area (Å²) in [6, 6.07) is 5.84. The van der Waals surface area contributed by atoms with E-state index in [9.17, 15) is 4.39 Å². The van der Waals surface area contributed by atoms with Gasteiger partial charge in [-0.2, -0.15) is 4.98 Å². The molecular formula is C13H17ClFN3O2. The summed E-state index contributed by atoms with van der Waals surface area (Å²) in [6.45, 7) is 3.96. The number of hydrogen-bond acceptors (Lipinski definition) is 5. The Labute approximate surface area is 122 Å². The largest absolute Gasteiger partial charge is 0.482 e. The molecule has 0 aliphatic heterocycles. The second kappa shape index (κ2) is 7.21. The van der Waals surface area contributed by atoms with Crippen LogP contribution >= 0.6 is 12.4 Å². The number of hydrogen-bond donors (Lipinski definition) is 1. The second-order valence-electron chi connectivity index (χ2n) is 4.54. The van der Waals surface area contributed by atoms with Crippen LogP contribution in [0.1, 0.15) is 31.6 Å². The zero-order valence-electron chi connectivity index (χ0n) is 11.2. The maximum atomic E-state index is 13.3. The molecule has 7 heteroatoms. The summed E-state index contributed by atoms with van der Waals surface area (Å²) < 4.78 is 23.6. The van der Waals surface area contributed by atoms with Gasteiger partial charge in [0.15, 0.2) is 18.2 Å². The first-order valence-electron chi connectivity index (χ1n) is 6.03. The Balaban J connectivity index is 0.00000200. The monoisotopic (exact) mass is 301 g/mol. The van der Waals surface area contributed by atoms with Crippen LogP contribution in [0.3, 0.4) is 0 Å². The van der Waals surface area contributed by atoms with Crippen molar-refractivity contribution in [2.45, 2.75) is 26.5 Å². The molecule has 0 amide bonds. The van der Waals surface area contributed by atoms with Gasteiger partial charge in [-0.25, -0.2) is 4.39 Å². The van der Waals surface area contributed by atoms with E-state index >= 15 is 0 Å². The number of nitrogens with zero attached hydrogens (tertiary/aromatic N) is 2. The molecule has 2 rings (SSSR count). The molecule has 0 saturated carbocycles. The molecule has 1 aromatic carbocycles. The van der Waals surface area contributed by atoms with Crippen molar-refractivity contribution in [2.24, 2.45) is 11.7 Å². The van der Waals surface area contributed by atoms with Crippen LogP contribution in [0.25, 0.3) is 0 Å². The van der Waals surface area contributed by atoms with Crippen molar-refractivity contribution >= 4 is 12.4 Å². The average Bonchev–Trinajstić information content (AvgIpc) is 2.85. The van der Waals surface area contributed by atoms with Gasteiger partial charge in [-0.05, 0) is 18.1 Å². The quantitative estimate of drug-likeness (QED) is 0.919. The molecular weight excluding hydrogens is 285 g/mol. The average molecular weight is 302 g/mol. The first-order chi connectivity index (χ1) is 9.08. The molecule has 0 aliphatic rings. The summed E-state index contributed by atoms with van der Waals surface area (Å²) in [5.74, 6) is 0.629. The lowest BCUT2D eigenvalue weighted by atomic mass is 10.1. The van der Waals surface area contributed by atoms with Crippen LogP contribution in [0, 0.1) is 11.7 Å². The Morgan fingerprint density at radius 3 is 2.70 bits per heavy atom. The molecule has 5 nitrogen and oxygen atoms in total. The maximum Gasteiger partial charge on any atom is 0.243 e. The second-order valence-corrected chi connectivity index (χ2v) is 4.54. The van der Waals surface area contributed by atoms with E-state index < -0.39 is 5.82 Å². The first-order valence-corrected chi connectivity index (χ1v) is 6.03. The van der Waals surface area contributed by atoms with Gasteiger partial charge in [-0.1, -0.05) is 31.1 Å². The summed E-state index contributed by atoms with van der Waals surface area (Å²) >= 11 is 0. The number of halogens is 2. The Hall–Kier alpha value is -1.66. The van der Waals surface area contributed by atoms with Gasteiger partial charge in [0.2, 0.25) is 11.7 Å². The maximum absolute atomic E-state index is 13.3. The van der Waals surface area contributed by atoms with Crippen molar-refractivity contribution < 1.29 is 13.7 Å². The molecule has 20 heavy (non-hydrogen) atoms. The minimum atomic E-state index is -0.426. The minimum Gasteiger partial charge on any atom is -0.482 e. The van der Waals surface area contributed by atoms with Crippen LogP contribution < -0.4 is 10.5 Å². The Morgan fingerprint density at radius 1 is 1.35 bits per heavy atom. The van der Waals surface area contributed by atoms with Crippen molar-refractivity contribution in [3.8, 4) is 5.75 Å². The number of rotatable bonds is 5. The molecule has 0 spiro atoms. The molecule has 110 valence electrons. The third kappa shape index (κ3) is 3.91. The lowest BCUT2D eigenvalue weighted by molar-refractivity contribution is 0.270. The third-order valence-electron chi connectivity index (χ3n) is 2.68. The molecule has 1 unspecified atom stereocenters. The van der Waals surface area contributed by atoms with Crippen LogP contribution in [0.15, 0.2) is 28.8 Å². The fourth-order valence-corrected chi connectivity index (χ4v) is 1.45. The summed E-state index contributed by atoms with van der Waals surface area (Å²) in [5.41, 5.74) is 5.89. The van der Waals surface area contributed by atoms with Crippen LogP contribution in [0.4, 0.5) is 4.39 Å². The Morgan fingerprint density at radius 2 is 2.05 bits per heavy atom. The SMILES string of the molecule is CC(C)C(N)c1nc(COc2ccccc2F)no1.Cl. The molecule has 1 aromatic heterocycles. The Kier molecular flexibility index (Phi) is 5.91. The fourth-order valence-electron chi connectivity index (χ4n) is 1.45. The summed E-state index contributed by atoms with van der Waals surface area (Å²) in [6.07, 6.45) is 0. The van der Waals surface area contributed by atoms with Crippen LogP contribution in [-0.2, 0) is 6.61 Å². The van der Waals surface area contributed by atoms with E-state index in [1.54, 1.807) is 12.1 Å². The molecule has 1 atom stereocenters. The van der Waals surface area contributed by atoms with Gasteiger partial charge < -0.3 is 15.0 Å². The highest BCUT2D eigenvalue weighted by Gasteiger charge is 2.18. The number of aromatic nitrogens is 2. The lowest BCUT2D eigenvalue weighted by Gasteiger charge is -2.09. The normalized spacial score (nSPS) is 12.1. The zero-order chi connectivity index (χ0) is 13.8. The summed E-state index contributed by atoms with van der Waals surface area (Å²) in [7, 11) is 0. The summed E-state index contributed by atoms with van der Waals surface area (Å²) in [4.78, 5) is 4.13. The number of nitrogens with two attached hydrogens (primary N) is 1. The van der Waals surface area contributed by atoms with Gasteiger partial charge in [0.1, 0.15) is 0 Å². The highest BCUT2D eigenvalue weighted by molar-refractivity contribution is 5.85. The van der Waals surface area contributed by atoms with E-state index in [1.807, 2.05) is 13.8 Å². The molecule has 0 radical (unpaired) electrons. The van der Waals surface area contributed by atoms with Gasteiger partial charge in [-0.3, -0.25) is 0 Å². The van der Waals surface area contributed by atoms with Gasteiger partial charge in [0, 0.05) is 0 Å². The molecule has 0 fully saturated rings. The van der Waals surface area contributed by atoms with Gasteiger partial charge >= 0.3 is 0 Å². The van der Waals surface area contributed by atoms with Gasteiger partial charge in [-0.15, -0.1) is 12.4 Å². The molecule has 0 saturated heterocycles. The van der Waals surface area contributed by atoms with Crippen molar-refractivity contribution in [2.75, 3.05) is 0 Å². The van der Waals surface area contributed by atoms with E-state index in [1.165, 1.54) is 12.1 Å². The first kappa shape index (κ1) is 16.4. The fraction of sp³-hybridized carbons (Fsp3) is 0.385. The van der Waals surface area contributed by atoms with E-state index in [0.717, 1.165) is 0 Å². The van der Waals surface area contributed by atoms with Gasteiger partial charge in [0.05, 0.1) is 6.04 Å². The lowest BCUT2D eigenvalue weighted by Crippen LogP contribution is -2.17. The van der Waals surface area contributed by atoms with Crippen LogP contribution in [0.5, 0.6) is 5.75 Å². The van der Waals surface area contributed by atoms with E-state index in [0.29, 0.717) is 11.7 Å². The highest BCUT2D eigenvalue weighted by Crippen LogP contribution is 2.19.